The number of rotatable bonds is 2. The van der Waals surface area contributed by atoms with Crippen molar-refractivity contribution >= 4 is 0 Å². The van der Waals surface area contributed by atoms with E-state index in [1.54, 1.807) is 0 Å². The number of hydrogen-bond acceptors (Lipinski definition) is 2. The Labute approximate surface area is 93.7 Å². The molecule has 0 aromatic heterocycles. The molecule has 2 bridgehead atoms. The molecule has 1 N–H and O–H groups in total. The average Bonchev–Trinajstić information content (AvgIpc) is 2.44. The van der Waals surface area contributed by atoms with E-state index >= 15 is 0 Å². The molecule has 2 aliphatic heterocycles. The van der Waals surface area contributed by atoms with E-state index in [4.69, 9.17) is 0 Å². The lowest BCUT2D eigenvalue weighted by Crippen LogP contribution is -2.45. The fraction of sp³-hybridized carbons (Fsp3) is 0.846. The van der Waals surface area contributed by atoms with Gasteiger partial charge in [0.05, 0.1) is 0 Å². The molecule has 2 rings (SSSR count). The van der Waals surface area contributed by atoms with Gasteiger partial charge in [-0.1, -0.05) is 27.4 Å². The highest BCUT2D eigenvalue weighted by atomic mass is 15.2. The summed E-state index contributed by atoms with van der Waals surface area (Å²) in [5.74, 6) is 0.934. The van der Waals surface area contributed by atoms with Crippen LogP contribution >= 0.6 is 0 Å². The van der Waals surface area contributed by atoms with Crippen molar-refractivity contribution in [3.05, 3.63) is 12.3 Å². The van der Waals surface area contributed by atoms with Crippen molar-refractivity contribution in [1.29, 1.82) is 0 Å². The van der Waals surface area contributed by atoms with E-state index in [-0.39, 0.29) is 5.41 Å². The molecule has 15 heavy (non-hydrogen) atoms. The van der Waals surface area contributed by atoms with Crippen LogP contribution in [0, 0.1) is 11.3 Å². The van der Waals surface area contributed by atoms with Crippen LogP contribution < -0.4 is 5.32 Å². The quantitative estimate of drug-likeness (QED) is 0.748. The van der Waals surface area contributed by atoms with Crippen LogP contribution in [0.1, 0.15) is 33.6 Å². The molecule has 2 fully saturated rings. The summed E-state index contributed by atoms with van der Waals surface area (Å²) in [5, 5.41) is 3.62. The summed E-state index contributed by atoms with van der Waals surface area (Å²) in [6.45, 7) is 14.7. The Morgan fingerprint density at radius 1 is 1.33 bits per heavy atom. The summed E-state index contributed by atoms with van der Waals surface area (Å²) in [5.41, 5.74) is 1.38. The number of nitrogens with one attached hydrogen (secondary N) is 1. The van der Waals surface area contributed by atoms with Gasteiger partial charge in [0.2, 0.25) is 0 Å². The van der Waals surface area contributed by atoms with Crippen molar-refractivity contribution in [2.75, 3.05) is 19.6 Å². The van der Waals surface area contributed by atoms with Gasteiger partial charge in [0.15, 0.2) is 0 Å². The van der Waals surface area contributed by atoms with Gasteiger partial charge in [-0.05, 0) is 25.3 Å². The zero-order chi connectivity index (χ0) is 11.1. The highest BCUT2D eigenvalue weighted by Gasteiger charge is 2.33. The predicted molar refractivity (Wildman–Crippen MR) is 64.7 cm³/mol. The lowest BCUT2D eigenvalue weighted by Gasteiger charge is -2.34. The molecule has 0 spiro atoms. The van der Waals surface area contributed by atoms with Crippen molar-refractivity contribution in [2.24, 2.45) is 11.3 Å². The van der Waals surface area contributed by atoms with Crippen molar-refractivity contribution in [3.63, 3.8) is 0 Å². The molecular formula is C13H24N2. The monoisotopic (exact) mass is 208 g/mol. The average molecular weight is 208 g/mol. The highest BCUT2D eigenvalue weighted by Crippen LogP contribution is 2.29. The number of piperidine rings is 1. The zero-order valence-corrected chi connectivity index (χ0v) is 10.3. The van der Waals surface area contributed by atoms with Crippen molar-refractivity contribution in [3.8, 4) is 0 Å². The number of hydrogen-bond donors (Lipinski definition) is 1. The van der Waals surface area contributed by atoms with Crippen molar-refractivity contribution < 1.29 is 0 Å². The minimum Gasteiger partial charge on any atom is -0.384 e. The predicted octanol–water partition coefficient (Wildman–Crippen LogP) is 2.23. The largest absolute Gasteiger partial charge is 0.384 e. The molecule has 86 valence electrons. The molecule has 0 aromatic rings. The first-order valence-electron chi connectivity index (χ1n) is 6.13. The Morgan fingerprint density at radius 3 is 2.67 bits per heavy atom. The lowest BCUT2D eigenvalue weighted by atomic mass is 9.90. The minimum absolute atomic E-state index is 0.186. The fourth-order valence-corrected chi connectivity index (χ4v) is 2.63. The van der Waals surface area contributed by atoms with E-state index in [0.717, 1.165) is 5.92 Å². The maximum Gasteiger partial charge on any atom is 0.0388 e. The van der Waals surface area contributed by atoms with Crippen LogP contribution in [0.25, 0.3) is 0 Å². The molecule has 2 nitrogen and oxygen atoms in total. The van der Waals surface area contributed by atoms with Gasteiger partial charge >= 0.3 is 0 Å². The second-order valence-electron chi connectivity index (χ2n) is 6.22. The van der Waals surface area contributed by atoms with E-state index in [1.807, 2.05) is 0 Å². The smallest absolute Gasteiger partial charge is 0.0388 e. The van der Waals surface area contributed by atoms with Crippen LogP contribution in [-0.4, -0.2) is 30.6 Å². The first-order valence-corrected chi connectivity index (χ1v) is 6.13. The summed E-state index contributed by atoms with van der Waals surface area (Å²) in [4.78, 5) is 2.59. The van der Waals surface area contributed by atoms with Gasteiger partial charge in [0.1, 0.15) is 0 Å². The summed E-state index contributed by atoms with van der Waals surface area (Å²) in [6.07, 6.45) is 2.74. The van der Waals surface area contributed by atoms with E-state index in [1.165, 1.54) is 38.2 Å². The molecule has 2 heterocycles. The summed E-state index contributed by atoms with van der Waals surface area (Å²) < 4.78 is 0. The first-order chi connectivity index (χ1) is 6.95. The van der Waals surface area contributed by atoms with Gasteiger partial charge in [-0.15, -0.1) is 0 Å². The first kappa shape index (κ1) is 11.0. The Morgan fingerprint density at radius 2 is 2.07 bits per heavy atom. The molecule has 2 aliphatic rings. The van der Waals surface area contributed by atoms with Gasteiger partial charge in [-0.3, -0.25) is 0 Å². The second kappa shape index (κ2) is 3.82. The van der Waals surface area contributed by atoms with Crippen LogP contribution in [0.2, 0.25) is 0 Å². The maximum absolute atomic E-state index is 4.16. The molecular weight excluding hydrogens is 184 g/mol. The SMILES string of the molecule is C=C(N[C@@H]1CC2CCN(C2)C1)C(C)(C)C. The molecule has 0 aromatic carbocycles. The molecule has 2 saturated heterocycles. The Hall–Kier alpha value is -0.500. The lowest BCUT2D eigenvalue weighted by molar-refractivity contribution is 0.221. The van der Waals surface area contributed by atoms with Crippen LogP contribution in [0.3, 0.4) is 0 Å². The molecule has 3 atom stereocenters. The molecule has 0 aliphatic carbocycles. The van der Waals surface area contributed by atoms with Crippen LogP contribution in [-0.2, 0) is 0 Å². The number of fused-ring (bicyclic) bond motifs is 2. The second-order valence-corrected chi connectivity index (χ2v) is 6.22. The summed E-state index contributed by atoms with van der Waals surface area (Å²) in [7, 11) is 0. The third kappa shape index (κ3) is 2.54. The normalized spacial score (nSPS) is 35.3. The van der Waals surface area contributed by atoms with Crippen molar-refractivity contribution in [2.45, 2.75) is 39.7 Å². The van der Waals surface area contributed by atoms with Crippen LogP contribution in [0.4, 0.5) is 0 Å². The van der Waals surface area contributed by atoms with Crippen molar-refractivity contribution in [1.82, 2.24) is 10.2 Å². The Kier molecular flexibility index (Phi) is 2.80. The van der Waals surface area contributed by atoms with Gasteiger partial charge in [0, 0.05) is 30.2 Å². The van der Waals surface area contributed by atoms with Crippen LogP contribution in [0.5, 0.6) is 0 Å². The summed E-state index contributed by atoms with van der Waals surface area (Å²) in [6, 6.07) is 0.637. The van der Waals surface area contributed by atoms with Gasteiger partial charge in [0.25, 0.3) is 0 Å². The van der Waals surface area contributed by atoms with Gasteiger partial charge in [-0.2, -0.15) is 0 Å². The molecule has 0 radical (unpaired) electrons. The van der Waals surface area contributed by atoms with Gasteiger partial charge < -0.3 is 10.2 Å². The molecule has 0 amide bonds. The molecule has 2 heteroatoms. The Balaban J connectivity index is 1.88. The van der Waals surface area contributed by atoms with E-state index < -0.39 is 0 Å². The molecule has 0 saturated carbocycles. The van der Waals surface area contributed by atoms with E-state index in [9.17, 15) is 0 Å². The standard InChI is InChI=1S/C13H24N2/c1-10(13(2,3)4)14-12-7-11-5-6-15(8-11)9-12/h11-12,14H,1,5-9H2,2-4H3/t11?,12-/m1/s1. The van der Waals surface area contributed by atoms with E-state index in [0.29, 0.717) is 6.04 Å². The molecule has 2 unspecified atom stereocenters. The number of allylic oxidation sites excluding steroid dienone is 1. The third-order valence-electron chi connectivity index (χ3n) is 3.75. The van der Waals surface area contributed by atoms with Gasteiger partial charge in [-0.25, -0.2) is 0 Å². The van der Waals surface area contributed by atoms with E-state index in [2.05, 4.69) is 37.6 Å². The Bertz CT molecular complexity index is 240. The number of nitrogens with zero attached hydrogens (tertiary/aromatic N) is 1. The highest BCUT2D eigenvalue weighted by molar-refractivity contribution is 5.05. The topological polar surface area (TPSA) is 15.3 Å². The summed E-state index contributed by atoms with van der Waals surface area (Å²) >= 11 is 0. The third-order valence-corrected chi connectivity index (χ3v) is 3.75. The zero-order valence-electron chi connectivity index (χ0n) is 10.3. The maximum atomic E-state index is 4.16. The fourth-order valence-electron chi connectivity index (χ4n) is 2.63. The van der Waals surface area contributed by atoms with Crippen LogP contribution in [0.15, 0.2) is 12.3 Å². The minimum atomic E-state index is 0.186.